The summed E-state index contributed by atoms with van der Waals surface area (Å²) in [5.41, 5.74) is 1.51. The maximum absolute atomic E-state index is 12.9. The predicted molar refractivity (Wildman–Crippen MR) is 55.8 cm³/mol. The van der Waals surface area contributed by atoms with E-state index < -0.39 is 0 Å². The van der Waals surface area contributed by atoms with Gasteiger partial charge in [0.1, 0.15) is 11.6 Å². The van der Waals surface area contributed by atoms with Crippen LogP contribution in [-0.2, 0) is 0 Å². The van der Waals surface area contributed by atoms with Gasteiger partial charge in [0.2, 0.25) is 0 Å². The molecule has 0 aliphatic heterocycles. The van der Waals surface area contributed by atoms with Gasteiger partial charge in [-0.15, -0.1) is 0 Å². The highest BCUT2D eigenvalue weighted by molar-refractivity contribution is 9.09. The number of benzene rings is 1. The smallest absolute Gasteiger partial charge is 0.126 e. The van der Waals surface area contributed by atoms with Crippen LogP contribution in [0.3, 0.4) is 0 Å². The minimum atomic E-state index is -0.280. The molecular formula is C10H10BrFO. The molecule has 0 aliphatic rings. The third-order valence-corrected chi connectivity index (χ3v) is 2.38. The van der Waals surface area contributed by atoms with Crippen molar-refractivity contribution >= 4 is 21.5 Å². The molecule has 0 aliphatic carbocycles. The van der Waals surface area contributed by atoms with Crippen molar-refractivity contribution in [1.82, 2.24) is 0 Å². The minimum absolute atomic E-state index is 0.280. The molecule has 0 aromatic heterocycles. The fourth-order valence-electron chi connectivity index (χ4n) is 1.03. The first-order valence-electron chi connectivity index (χ1n) is 3.76. The largest absolute Gasteiger partial charge is 0.496 e. The Morgan fingerprint density at radius 3 is 2.85 bits per heavy atom. The number of hydrogen-bond donors (Lipinski definition) is 0. The van der Waals surface area contributed by atoms with Gasteiger partial charge >= 0.3 is 0 Å². The SMILES string of the molecule is C=C(CBr)c1cc(F)ccc1OC. The monoisotopic (exact) mass is 244 g/mol. The molecular weight excluding hydrogens is 235 g/mol. The first-order chi connectivity index (χ1) is 6.19. The van der Waals surface area contributed by atoms with E-state index in [4.69, 9.17) is 4.74 Å². The van der Waals surface area contributed by atoms with Gasteiger partial charge in [0.05, 0.1) is 7.11 Å². The summed E-state index contributed by atoms with van der Waals surface area (Å²) < 4.78 is 17.9. The molecule has 1 nitrogen and oxygen atoms in total. The number of rotatable bonds is 3. The van der Waals surface area contributed by atoms with E-state index in [-0.39, 0.29) is 5.82 Å². The highest BCUT2D eigenvalue weighted by atomic mass is 79.9. The van der Waals surface area contributed by atoms with Crippen molar-refractivity contribution in [2.24, 2.45) is 0 Å². The summed E-state index contributed by atoms with van der Waals surface area (Å²) in [6.07, 6.45) is 0. The second-order valence-corrected chi connectivity index (χ2v) is 3.14. The van der Waals surface area contributed by atoms with E-state index >= 15 is 0 Å². The first kappa shape index (κ1) is 10.3. The summed E-state index contributed by atoms with van der Waals surface area (Å²) in [5, 5.41) is 0.604. The molecule has 70 valence electrons. The van der Waals surface area contributed by atoms with Gasteiger partial charge in [0, 0.05) is 10.9 Å². The lowest BCUT2D eigenvalue weighted by Gasteiger charge is -2.08. The van der Waals surface area contributed by atoms with Crippen molar-refractivity contribution in [3.63, 3.8) is 0 Å². The third kappa shape index (κ3) is 2.31. The standard InChI is InChI=1S/C10H10BrFO/c1-7(6-11)9-5-8(12)3-4-10(9)13-2/h3-5H,1,6H2,2H3. The lowest BCUT2D eigenvalue weighted by atomic mass is 10.1. The lowest BCUT2D eigenvalue weighted by Crippen LogP contribution is -1.92. The average Bonchev–Trinajstić information content (AvgIpc) is 2.16. The Morgan fingerprint density at radius 1 is 1.62 bits per heavy atom. The number of allylic oxidation sites excluding steroid dienone is 1. The Labute approximate surface area is 85.3 Å². The summed E-state index contributed by atoms with van der Waals surface area (Å²) in [6.45, 7) is 3.80. The zero-order chi connectivity index (χ0) is 9.84. The highest BCUT2D eigenvalue weighted by Crippen LogP contribution is 2.26. The van der Waals surface area contributed by atoms with Crippen molar-refractivity contribution in [3.05, 3.63) is 36.2 Å². The summed E-state index contributed by atoms with van der Waals surface area (Å²) in [6, 6.07) is 4.38. The molecule has 1 aromatic rings. The summed E-state index contributed by atoms with van der Waals surface area (Å²) in [7, 11) is 1.55. The van der Waals surface area contributed by atoms with Crippen molar-refractivity contribution in [1.29, 1.82) is 0 Å². The number of halogens is 2. The lowest BCUT2D eigenvalue weighted by molar-refractivity contribution is 0.412. The molecule has 0 N–H and O–H groups in total. The molecule has 0 saturated carbocycles. The minimum Gasteiger partial charge on any atom is -0.496 e. The van der Waals surface area contributed by atoms with E-state index in [2.05, 4.69) is 22.5 Å². The molecule has 0 heterocycles. The van der Waals surface area contributed by atoms with E-state index in [0.717, 1.165) is 5.57 Å². The van der Waals surface area contributed by atoms with Gasteiger partial charge in [0.15, 0.2) is 0 Å². The Morgan fingerprint density at radius 2 is 2.31 bits per heavy atom. The van der Waals surface area contributed by atoms with E-state index in [1.165, 1.54) is 12.1 Å². The predicted octanol–water partition coefficient (Wildman–Crippen LogP) is 3.24. The van der Waals surface area contributed by atoms with Crippen LogP contribution in [0, 0.1) is 5.82 Å². The molecule has 0 amide bonds. The molecule has 0 spiro atoms. The maximum Gasteiger partial charge on any atom is 0.126 e. The van der Waals surface area contributed by atoms with Crippen LogP contribution in [0.1, 0.15) is 5.56 Å². The van der Waals surface area contributed by atoms with Crippen LogP contribution in [0.2, 0.25) is 0 Å². The Hall–Kier alpha value is -0.830. The van der Waals surface area contributed by atoms with Gasteiger partial charge < -0.3 is 4.74 Å². The van der Waals surface area contributed by atoms with Gasteiger partial charge in [0.25, 0.3) is 0 Å². The molecule has 1 rings (SSSR count). The van der Waals surface area contributed by atoms with E-state index in [0.29, 0.717) is 16.6 Å². The molecule has 0 fully saturated rings. The van der Waals surface area contributed by atoms with Crippen LogP contribution in [0.15, 0.2) is 24.8 Å². The van der Waals surface area contributed by atoms with Gasteiger partial charge in [-0.1, -0.05) is 22.5 Å². The Balaban J connectivity index is 3.15. The zero-order valence-electron chi connectivity index (χ0n) is 7.31. The van der Waals surface area contributed by atoms with Crippen LogP contribution in [0.25, 0.3) is 5.57 Å². The van der Waals surface area contributed by atoms with E-state index in [1.807, 2.05) is 0 Å². The second kappa shape index (κ2) is 4.42. The van der Waals surface area contributed by atoms with Gasteiger partial charge in [-0.2, -0.15) is 0 Å². The molecule has 1 aromatic carbocycles. The maximum atomic E-state index is 12.9. The van der Waals surface area contributed by atoms with Crippen molar-refractivity contribution in [2.45, 2.75) is 0 Å². The fraction of sp³-hybridized carbons (Fsp3) is 0.200. The summed E-state index contributed by atoms with van der Waals surface area (Å²) >= 11 is 3.26. The molecule has 0 atom stereocenters. The molecule has 0 radical (unpaired) electrons. The van der Waals surface area contributed by atoms with Crippen LogP contribution in [0.4, 0.5) is 4.39 Å². The summed E-state index contributed by atoms with van der Waals surface area (Å²) in [4.78, 5) is 0. The van der Waals surface area contributed by atoms with Crippen LogP contribution >= 0.6 is 15.9 Å². The second-order valence-electron chi connectivity index (χ2n) is 2.58. The quantitative estimate of drug-likeness (QED) is 0.743. The third-order valence-electron chi connectivity index (χ3n) is 1.70. The van der Waals surface area contributed by atoms with Crippen molar-refractivity contribution in [3.8, 4) is 5.75 Å². The first-order valence-corrected chi connectivity index (χ1v) is 4.89. The molecule has 0 unspecified atom stereocenters. The van der Waals surface area contributed by atoms with Crippen LogP contribution in [-0.4, -0.2) is 12.4 Å². The van der Waals surface area contributed by atoms with Gasteiger partial charge in [-0.05, 0) is 23.8 Å². The Bertz CT molecular complexity index is 323. The van der Waals surface area contributed by atoms with Crippen LogP contribution < -0.4 is 4.74 Å². The summed E-state index contributed by atoms with van der Waals surface area (Å²) in [5.74, 6) is 0.365. The fourth-order valence-corrected chi connectivity index (χ4v) is 1.33. The van der Waals surface area contributed by atoms with E-state index in [9.17, 15) is 4.39 Å². The number of alkyl halides is 1. The normalized spacial score (nSPS) is 9.77. The highest BCUT2D eigenvalue weighted by Gasteiger charge is 2.06. The van der Waals surface area contributed by atoms with Gasteiger partial charge in [-0.3, -0.25) is 0 Å². The average molecular weight is 245 g/mol. The number of methoxy groups -OCH3 is 1. The van der Waals surface area contributed by atoms with Crippen molar-refractivity contribution in [2.75, 3.05) is 12.4 Å². The number of ether oxygens (including phenoxy) is 1. The number of hydrogen-bond acceptors (Lipinski definition) is 1. The molecule has 13 heavy (non-hydrogen) atoms. The molecule has 0 bridgehead atoms. The zero-order valence-corrected chi connectivity index (χ0v) is 8.90. The van der Waals surface area contributed by atoms with Crippen LogP contribution in [0.5, 0.6) is 5.75 Å². The van der Waals surface area contributed by atoms with Gasteiger partial charge in [-0.25, -0.2) is 4.39 Å². The van der Waals surface area contributed by atoms with E-state index in [1.54, 1.807) is 13.2 Å². The topological polar surface area (TPSA) is 9.23 Å². The molecule has 3 heteroatoms. The molecule has 0 saturated heterocycles. The Kier molecular flexibility index (Phi) is 3.48. The van der Waals surface area contributed by atoms with Crippen molar-refractivity contribution < 1.29 is 9.13 Å².